The Labute approximate surface area is 160 Å². The van der Waals surface area contributed by atoms with Crippen molar-refractivity contribution < 1.29 is 32.6 Å². The largest absolute Gasteiger partial charge is 0.493 e. The number of benzene rings is 2. The summed E-state index contributed by atoms with van der Waals surface area (Å²) in [7, 11) is 2.83. The zero-order chi connectivity index (χ0) is 20.5. The maximum Gasteiger partial charge on any atom is 0.387 e. The number of carbonyl (C=O) groups excluding carboxylic acids is 2. The Morgan fingerprint density at radius 2 is 1.86 bits per heavy atom. The van der Waals surface area contributed by atoms with Crippen LogP contribution >= 0.6 is 0 Å². The number of hydrogen-bond acceptors (Lipinski definition) is 5. The Kier molecular flexibility index (Phi) is 7.50. The number of allylic oxidation sites excluding steroid dienone is 1. The molecular formula is C20H19F2NO5. The van der Waals surface area contributed by atoms with Gasteiger partial charge >= 0.3 is 6.61 Å². The number of alkyl halides is 2. The van der Waals surface area contributed by atoms with E-state index in [0.29, 0.717) is 11.3 Å². The predicted octanol–water partition coefficient (Wildman–Crippen LogP) is 3.32. The van der Waals surface area contributed by atoms with E-state index in [0.717, 1.165) is 0 Å². The lowest BCUT2D eigenvalue weighted by Crippen LogP contribution is -2.24. The minimum absolute atomic E-state index is 0.132. The highest BCUT2D eigenvalue weighted by Crippen LogP contribution is 2.33. The lowest BCUT2D eigenvalue weighted by molar-refractivity contribution is -0.122. The Bertz CT molecular complexity index is 850. The van der Waals surface area contributed by atoms with Crippen LogP contribution in [0.1, 0.15) is 15.9 Å². The second kappa shape index (κ2) is 10.1. The Morgan fingerprint density at radius 3 is 2.46 bits per heavy atom. The summed E-state index contributed by atoms with van der Waals surface area (Å²) in [5.74, 6) is -0.203. The van der Waals surface area contributed by atoms with Crippen LogP contribution in [0, 0.1) is 0 Å². The third-order valence-corrected chi connectivity index (χ3v) is 3.64. The molecule has 148 valence electrons. The highest BCUT2D eigenvalue weighted by molar-refractivity contribution is 6.07. The number of halogens is 2. The molecule has 0 saturated heterocycles. The molecule has 0 aromatic heterocycles. The van der Waals surface area contributed by atoms with E-state index in [1.807, 2.05) is 0 Å². The lowest BCUT2D eigenvalue weighted by atomic mass is 10.1. The first kappa shape index (κ1) is 20.9. The zero-order valence-corrected chi connectivity index (χ0v) is 15.3. The SMILES string of the molecule is CNC(=O)COc1ccc(C(=O)/C=C/c2cccc(OC)c2OC(F)F)cc1. The summed E-state index contributed by atoms with van der Waals surface area (Å²) in [6, 6.07) is 10.8. The van der Waals surface area contributed by atoms with Gasteiger partial charge in [0.25, 0.3) is 5.91 Å². The van der Waals surface area contributed by atoms with Crippen LogP contribution in [0.3, 0.4) is 0 Å². The van der Waals surface area contributed by atoms with E-state index in [9.17, 15) is 18.4 Å². The Balaban J connectivity index is 2.12. The molecule has 0 spiro atoms. The summed E-state index contributed by atoms with van der Waals surface area (Å²) >= 11 is 0. The van der Waals surface area contributed by atoms with Crippen molar-refractivity contribution in [2.45, 2.75) is 6.61 Å². The summed E-state index contributed by atoms with van der Waals surface area (Å²) in [5, 5.41) is 2.43. The van der Waals surface area contributed by atoms with E-state index in [1.165, 1.54) is 50.6 Å². The van der Waals surface area contributed by atoms with Crippen LogP contribution in [0.2, 0.25) is 0 Å². The average molecular weight is 391 g/mol. The van der Waals surface area contributed by atoms with Gasteiger partial charge in [0.05, 0.1) is 7.11 Å². The van der Waals surface area contributed by atoms with Crippen molar-refractivity contribution >= 4 is 17.8 Å². The van der Waals surface area contributed by atoms with Gasteiger partial charge in [0.2, 0.25) is 0 Å². The number of rotatable bonds is 9. The topological polar surface area (TPSA) is 73.9 Å². The predicted molar refractivity (Wildman–Crippen MR) is 99.0 cm³/mol. The monoisotopic (exact) mass is 391 g/mol. The number of ketones is 1. The van der Waals surface area contributed by atoms with E-state index in [2.05, 4.69) is 10.1 Å². The Hall–Kier alpha value is -3.42. The number of amides is 1. The first-order valence-electron chi connectivity index (χ1n) is 8.22. The summed E-state index contributed by atoms with van der Waals surface area (Å²) in [5.41, 5.74) is 0.640. The number of para-hydroxylation sites is 1. The zero-order valence-electron chi connectivity index (χ0n) is 15.3. The van der Waals surface area contributed by atoms with E-state index in [-0.39, 0.29) is 35.4 Å². The molecule has 0 radical (unpaired) electrons. The molecule has 0 saturated carbocycles. The first-order chi connectivity index (χ1) is 13.4. The van der Waals surface area contributed by atoms with Gasteiger partial charge in [0, 0.05) is 18.2 Å². The maximum atomic E-state index is 12.6. The van der Waals surface area contributed by atoms with Gasteiger partial charge in [-0.15, -0.1) is 0 Å². The minimum atomic E-state index is -3.03. The molecule has 0 unspecified atom stereocenters. The smallest absolute Gasteiger partial charge is 0.387 e. The first-order valence-corrected chi connectivity index (χ1v) is 8.22. The average Bonchev–Trinajstić information content (AvgIpc) is 2.70. The van der Waals surface area contributed by atoms with Crippen molar-refractivity contribution in [1.82, 2.24) is 5.32 Å². The summed E-state index contributed by atoms with van der Waals surface area (Å²) in [6.07, 6.45) is 2.62. The van der Waals surface area contributed by atoms with Crippen LogP contribution < -0.4 is 19.5 Å². The quantitative estimate of drug-likeness (QED) is 0.524. The minimum Gasteiger partial charge on any atom is -0.493 e. The fraction of sp³-hybridized carbons (Fsp3) is 0.200. The van der Waals surface area contributed by atoms with E-state index in [1.54, 1.807) is 18.2 Å². The van der Waals surface area contributed by atoms with Gasteiger partial charge in [-0.1, -0.05) is 12.1 Å². The van der Waals surface area contributed by atoms with Crippen molar-refractivity contribution in [2.24, 2.45) is 0 Å². The van der Waals surface area contributed by atoms with Gasteiger partial charge in [-0.2, -0.15) is 8.78 Å². The van der Waals surface area contributed by atoms with Crippen molar-refractivity contribution in [1.29, 1.82) is 0 Å². The number of methoxy groups -OCH3 is 1. The summed E-state index contributed by atoms with van der Waals surface area (Å²) in [6.45, 7) is -3.16. The van der Waals surface area contributed by atoms with E-state index >= 15 is 0 Å². The van der Waals surface area contributed by atoms with Gasteiger partial charge in [-0.05, 0) is 42.5 Å². The molecule has 0 aliphatic carbocycles. The number of nitrogens with one attached hydrogen (secondary N) is 1. The van der Waals surface area contributed by atoms with Gasteiger partial charge in [0.15, 0.2) is 23.9 Å². The van der Waals surface area contributed by atoms with Crippen LogP contribution in [0.25, 0.3) is 6.08 Å². The lowest BCUT2D eigenvalue weighted by Gasteiger charge is -2.12. The van der Waals surface area contributed by atoms with Gasteiger partial charge < -0.3 is 19.5 Å². The fourth-order valence-corrected chi connectivity index (χ4v) is 2.24. The molecule has 1 amide bonds. The molecule has 1 N–H and O–H groups in total. The van der Waals surface area contributed by atoms with E-state index in [4.69, 9.17) is 9.47 Å². The molecule has 2 aromatic rings. The molecule has 8 heteroatoms. The van der Waals surface area contributed by atoms with Crippen molar-refractivity contribution in [3.63, 3.8) is 0 Å². The number of ether oxygens (including phenoxy) is 3. The van der Waals surface area contributed by atoms with Crippen molar-refractivity contribution in [2.75, 3.05) is 20.8 Å². The third-order valence-electron chi connectivity index (χ3n) is 3.64. The third kappa shape index (κ3) is 5.80. The molecule has 2 aromatic carbocycles. The van der Waals surface area contributed by atoms with Gasteiger partial charge in [0.1, 0.15) is 5.75 Å². The van der Waals surface area contributed by atoms with Crippen LogP contribution in [0.5, 0.6) is 17.2 Å². The highest BCUT2D eigenvalue weighted by Gasteiger charge is 2.14. The van der Waals surface area contributed by atoms with Crippen molar-refractivity contribution in [3.8, 4) is 17.2 Å². The second-order valence-electron chi connectivity index (χ2n) is 5.44. The highest BCUT2D eigenvalue weighted by atomic mass is 19.3. The van der Waals surface area contributed by atoms with Gasteiger partial charge in [-0.25, -0.2) is 0 Å². The summed E-state index contributed by atoms with van der Waals surface area (Å²) in [4.78, 5) is 23.5. The van der Waals surface area contributed by atoms with Crippen LogP contribution in [0.15, 0.2) is 48.5 Å². The molecule has 0 aliphatic rings. The second-order valence-corrected chi connectivity index (χ2v) is 5.44. The van der Waals surface area contributed by atoms with Crippen LogP contribution in [0.4, 0.5) is 8.78 Å². The fourth-order valence-electron chi connectivity index (χ4n) is 2.24. The summed E-state index contributed by atoms with van der Waals surface area (Å²) < 4.78 is 40.1. The Morgan fingerprint density at radius 1 is 1.14 bits per heavy atom. The molecule has 0 bridgehead atoms. The van der Waals surface area contributed by atoms with E-state index < -0.39 is 6.61 Å². The van der Waals surface area contributed by atoms with Gasteiger partial charge in [-0.3, -0.25) is 9.59 Å². The maximum absolute atomic E-state index is 12.6. The molecular weight excluding hydrogens is 372 g/mol. The molecule has 0 aliphatic heterocycles. The molecule has 0 atom stereocenters. The normalized spacial score (nSPS) is 10.8. The van der Waals surface area contributed by atoms with Crippen LogP contribution in [-0.2, 0) is 4.79 Å². The number of carbonyl (C=O) groups is 2. The van der Waals surface area contributed by atoms with Crippen molar-refractivity contribution in [3.05, 3.63) is 59.7 Å². The molecule has 6 nitrogen and oxygen atoms in total. The molecule has 0 fully saturated rings. The number of likely N-dealkylation sites (N-methyl/N-ethyl adjacent to an activating group) is 1. The molecule has 0 heterocycles. The molecule has 28 heavy (non-hydrogen) atoms. The standard InChI is InChI=1S/C20H19F2NO5/c1-23-18(25)12-27-15-9-6-13(7-10-15)16(24)11-8-14-4-3-5-17(26-2)19(14)28-20(21)22/h3-11,20H,12H2,1-2H3,(H,23,25)/b11-8+. The number of hydrogen-bond donors (Lipinski definition) is 1. The van der Waals surface area contributed by atoms with Crippen LogP contribution in [-0.4, -0.2) is 39.1 Å². The molecule has 2 rings (SSSR count).